The van der Waals surface area contributed by atoms with Crippen molar-refractivity contribution in [2.75, 3.05) is 26.8 Å². The number of nitrogens with zero attached hydrogens (tertiary/aromatic N) is 6. The highest BCUT2D eigenvalue weighted by Gasteiger charge is 2.24. The summed E-state index contributed by atoms with van der Waals surface area (Å²) in [5, 5.41) is 17.9. The van der Waals surface area contributed by atoms with Crippen LogP contribution in [-0.2, 0) is 24.4 Å². The van der Waals surface area contributed by atoms with Gasteiger partial charge in [0.1, 0.15) is 12.4 Å². The Kier molecular flexibility index (Phi) is 7.94. The van der Waals surface area contributed by atoms with Gasteiger partial charge in [-0.2, -0.15) is 0 Å². The maximum Gasteiger partial charge on any atom is 0.335 e. The Morgan fingerprint density at radius 2 is 2.03 bits per heavy atom. The molecule has 1 aromatic carbocycles. The number of piperidine rings is 1. The van der Waals surface area contributed by atoms with Crippen molar-refractivity contribution in [2.24, 2.45) is 0 Å². The Morgan fingerprint density at radius 1 is 1.19 bits per heavy atom. The standard InChI is InChI=1S/C25H27ClN6O4S/c1-35-12-11-32-20-13-17(24(33)34)5-6-19(20)27-21(32)14-31-9-7-16(8-10-31)18-3-2-4-22(28-18)36-15-23-29-30-25(26)37-23/h2-6,13,16H,7-12,14-15H2,1H3,(H,33,34). The van der Waals surface area contributed by atoms with E-state index in [0.717, 1.165) is 48.5 Å². The fourth-order valence-electron chi connectivity index (χ4n) is 4.61. The number of aromatic nitrogens is 5. The Bertz CT molecular complexity index is 1380. The minimum absolute atomic E-state index is 0.254. The molecule has 0 spiro atoms. The van der Waals surface area contributed by atoms with Crippen LogP contribution >= 0.6 is 22.9 Å². The van der Waals surface area contributed by atoms with Crippen molar-refractivity contribution in [1.82, 2.24) is 29.6 Å². The van der Waals surface area contributed by atoms with Gasteiger partial charge in [-0.05, 0) is 61.8 Å². The van der Waals surface area contributed by atoms with Gasteiger partial charge in [0.2, 0.25) is 10.3 Å². The Labute approximate surface area is 222 Å². The first-order valence-electron chi connectivity index (χ1n) is 12.0. The van der Waals surface area contributed by atoms with E-state index >= 15 is 0 Å². The molecule has 194 valence electrons. The first-order valence-corrected chi connectivity index (χ1v) is 13.2. The number of imidazole rings is 1. The number of hydrogen-bond acceptors (Lipinski definition) is 9. The van der Waals surface area contributed by atoms with Crippen LogP contribution in [0.25, 0.3) is 11.0 Å². The highest BCUT2D eigenvalue weighted by Crippen LogP contribution is 2.29. The van der Waals surface area contributed by atoms with E-state index in [0.29, 0.717) is 41.0 Å². The maximum absolute atomic E-state index is 11.5. The second kappa shape index (κ2) is 11.5. The third-order valence-electron chi connectivity index (χ3n) is 6.49. The third-order valence-corrected chi connectivity index (χ3v) is 7.49. The molecule has 4 heterocycles. The molecule has 0 atom stereocenters. The Balaban J connectivity index is 1.23. The quantitative estimate of drug-likeness (QED) is 0.314. The average molecular weight is 543 g/mol. The Hall–Kier alpha value is -3.12. The molecular formula is C25H27ClN6O4S. The number of methoxy groups -OCH3 is 1. The van der Waals surface area contributed by atoms with Gasteiger partial charge in [-0.25, -0.2) is 14.8 Å². The van der Waals surface area contributed by atoms with Gasteiger partial charge in [-0.1, -0.05) is 17.4 Å². The van der Waals surface area contributed by atoms with Gasteiger partial charge < -0.3 is 19.1 Å². The molecule has 5 rings (SSSR count). The molecule has 12 heteroatoms. The first kappa shape index (κ1) is 25.5. The van der Waals surface area contributed by atoms with E-state index in [-0.39, 0.29) is 12.2 Å². The highest BCUT2D eigenvalue weighted by molar-refractivity contribution is 7.15. The van der Waals surface area contributed by atoms with E-state index in [1.54, 1.807) is 25.3 Å². The van der Waals surface area contributed by atoms with Crippen molar-refractivity contribution in [2.45, 2.75) is 38.5 Å². The zero-order chi connectivity index (χ0) is 25.8. The molecule has 1 N–H and O–H groups in total. The summed E-state index contributed by atoms with van der Waals surface area (Å²) >= 11 is 7.13. The number of aromatic carboxylic acids is 1. The zero-order valence-corrected chi connectivity index (χ0v) is 21.9. The van der Waals surface area contributed by atoms with Crippen LogP contribution in [0.3, 0.4) is 0 Å². The van der Waals surface area contributed by atoms with Crippen LogP contribution in [0.5, 0.6) is 5.88 Å². The lowest BCUT2D eigenvalue weighted by Gasteiger charge is -2.31. The number of rotatable bonds is 10. The summed E-state index contributed by atoms with van der Waals surface area (Å²) < 4.78 is 13.6. The molecule has 0 amide bonds. The lowest BCUT2D eigenvalue weighted by atomic mass is 9.93. The molecule has 1 aliphatic rings. The molecule has 0 unspecified atom stereocenters. The van der Waals surface area contributed by atoms with Crippen molar-refractivity contribution < 1.29 is 19.4 Å². The Morgan fingerprint density at radius 3 is 2.76 bits per heavy atom. The van der Waals surface area contributed by atoms with Gasteiger partial charge in [0.25, 0.3) is 0 Å². The van der Waals surface area contributed by atoms with E-state index in [9.17, 15) is 9.90 Å². The molecule has 0 bridgehead atoms. The number of pyridine rings is 1. The fourth-order valence-corrected chi connectivity index (χ4v) is 5.39. The number of carboxylic acids is 1. The smallest absolute Gasteiger partial charge is 0.335 e. The molecule has 0 radical (unpaired) electrons. The van der Waals surface area contributed by atoms with Crippen molar-refractivity contribution in [3.8, 4) is 5.88 Å². The van der Waals surface area contributed by atoms with Crippen molar-refractivity contribution in [3.63, 3.8) is 0 Å². The highest BCUT2D eigenvalue weighted by atomic mass is 35.5. The number of carbonyl (C=O) groups is 1. The summed E-state index contributed by atoms with van der Waals surface area (Å²) in [5.74, 6) is 0.885. The molecule has 10 nitrogen and oxygen atoms in total. The van der Waals surface area contributed by atoms with Gasteiger partial charge in [-0.3, -0.25) is 4.90 Å². The van der Waals surface area contributed by atoms with Crippen LogP contribution < -0.4 is 4.74 Å². The lowest BCUT2D eigenvalue weighted by molar-refractivity contribution is 0.0697. The zero-order valence-electron chi connectivity index (χ0n) is 20.3. The summed E-state index contributed by atoms with van der Waals surface area (Å²) in [7, 11) is 1.66. The van der Waals surface area contributed by atoms with Gasteiger partial charge in [-0.15, -0.1) is 10.2 Å². The molecular weight excluding hydrogens is 516 g/mol. The maximum atomic E-state index is 11.5. The molecule has 0 saturated carbocycles. The molecule has 3 aromatic heterocycles. The van der Waals surface area contributed by atoms with E-state index in [1.807, 2.05) is 12.1 Å². The minimum Gasteiger partial charge on any atom is -0.478 e. The number of carboxylic acid groups (broad SMARTS) is 1. The van der Waals surface area contributed by atoms with E-state index in [2.05, 4.69) is 25.7 Å². The largest absolute Gasteiger partial charge is 0.478 e. The second-order valence-corrected chi connectivity index (χ2v) is 10.5. The van der Waals surface area contributed by atoms with E-state index in [1.165, 1.54) is 11.3 Å². The summed E-state index contributed by atoms with van der Waals surface area (Å²) in [6.45, 7) is 3.94. The van der Waals surface area contributed by atoms with Crippen LogP contribution in [0.4, 0.5) is 0 Å². The molecule has 4 aromatic rings. The SMILES string of the molecule is COCCn1c(CN2CCC(c3cccc(OCc4nnc(Cl)s4)n3)CC2)nc2ccc(C(=O)O)cc21. The van der Waals surface area contributed by atoms with Crippen LogP contribution in [0.1, 0.15) is 45.6 Å². The van der Waals surface area contributed by atoms with Gasteiger partial charge in [0, 0.05) is 31.3 Å². The monoisotopic (exact) mass is 542 g/mol. The minimum atomic E-state index is -0.947. The molecule has 1 aliphatic heterocycles. The number of benzene rings is 1. The van der Waals surface area contributed by atoms with Gasteiger partial charge >= 0.3 is 5.97 Å². The van der Waals surface area contributed by atoms with E-state index < -0.39 is 5.97 Å². The third kappa shape index (κ3) is 6.07. The number of ether oxygens (including phenoxy) is 2. The van der Waals surface area contributed by atoms with Gasteiger partial charge in [0.05, 0.1) is 29.7 Å². The van der Waals surface area contributed by atoms with Crippen molar-refractivity contribution in [1.29, 1.82) is 0 Å². The van der Waals surface area contributed by atoms with Crippen LogP contribution in [0.15, 0.2) is 36.4 Å². The number of halogens is 1. The average Bonchev–Trinajstić information content (AvgIpc) is 3.48. The fraction of sp³-hybridized carbons (Fsp3) is 0.400. The number of fused-ring (bicyclic) bond motifs is 1. The van der Waals surface area contributed by atoms with Crippen LogP contribution in [-0.4, -0.2) is 67.5 Å². The van der Waals surface area contributed by atoms with Crippen LogP contribution in [0.2, 0.25) is 4.47 Å². The van der Waals surface area contributed by atoms with Crippen molar-refractivity contribution in [3.05, 3.63) is 63.0 Å². The summed E-state index contributed by atoms with van der Waals surface area (Å²) in [5.41, 5.74) is 2.90. The number of hydrogen-bond donors (Lipinski definition) is 1. The number of likely N-dealkylation sites (tertiary alicyclic amines) is 1. The first-order chi connectivity index (χ1) is 18.0. The molecule has 0 aliphatic carbocycles. The summed E-state index contributed by atoms with van der Waals surface area (Å²) in [6.07, 6.45) is 1.95. The predicted molar refractivity (Wildman–Crippen MR) is 139 cm³/mol. The van der Waals surface area contributed by atoms with Crippen LogP contribution in [0, 0.1) is 0 Å². The van der Waals surface area contributed by atoms with Crippen molar-refractivity contribution >= 4 is 39.9 Å². The van der Waals surface area contributed by atoms with E-state index in [4.69, 9.17) is 31.0 Å². The topological polar surface area (TPSA) is 115 Å². The molecule has 1 fully saturated rings. The summed E-state index contributed by atoms with van der Waals surface area (Å²) in [4.78, 5) is 23.4. The normalized spacial score (nSPS) is 14.9. The second-order valence-electron chi connectivity index (χ2n) is 8.87. The lowest BCUT2D eigenvalue weighted by Crippen LogP contribution is -2.33. The predicted octanol–water partition coefficient (Wildman–Crippen LogP) is 4.24. The van der Waals surface area contributed by atoms with Gasteiger partial charge in [0.15, 0.2) is 5.01 Å². The summed E-state index contributed by atoms with van der Waals surface area (Å²) in [6, 6.07) is 10.9. The molecule has 1 saturated heterocycles. The molecule has 37 heavy (non-hydrogen) atoms.